The van der Waals surface area contributed by atoms with Gasteiger partial charge >= 0.3 is 6.09 Å². The molecule has 0 bridgehead atoms. The molecule has 0 saturated heterocycles. The molecule has 0 aromatic carbocycles. The van der Waals surface area contributed by atoms with Crippen molar-refractivity contribution in [3.8, 4) is 0 Å². The molecule has 1 rings (SSSR count). The lowest BCUT2D eigenvalue weighted by Crippen LogP contribution is -2.57. The molecule has 3 N–H and O–H groups in total. The van der Waals surface area contributed by atoms with Gasteiger partial charge in [0.25, 0.3) is 0 Å². The second-order valence-corrected chi connectivity index (χ2v) is 8.67. The minimum absolute atomic E-state index is 0.397. The minimum Gasteiger partial charge on any atom is -0.444 e. The summed E-state index contributed by atoms with van der Waals surface area (Å²) in [4.78, 5) is 22.2. The Bertz CT molecular complexity index is 618. The average molecular weight is 398 g/mol. The van der Waals surface area contributed by atoms with E-state index in [1.165, 1.54) is 4.88 Å². The van der Waals surface area contributed by atoms with Crippen LogP contribution in [-0.2, 0) is 17.7 Å². The average Bonchev–Trinajstić information content (AvgIpc) is 3.07. The van der Waals surface area contributed by atoms with Gasteiger partial charge in [0.05, 0.1) is 12.1 Å². The van der Waals surface area contributed by atoms with Crippen LogP contribution in [0.3, 0.4) is 0 Å². The Hall–Kier alpha value is -1.83. The monoisotopic (exact) mass is 397 g/mol. The topological polar surface area (TPSA) is 87.6 Å². The Morgan fingerprint density at radius 1 is 1.22 bits per heavy atom. The number of aromatic nitrogens is 1. The number of nitrogens with one attached hydrogen (secondary N) is 3. The lowest BCUT2D eigenvalue weighted by molar-refractivity contribution is 0.0448. The van der Waals surface area contributed by atoms with E-state index in [0.29, 0.717) is 19.0 Å². The normalized spacial score (nSPS) is 12.6. The molecule has 0 fully saturated rings. The molecule has 0 aliphatic rings. The number of aryl methyl sites for hydroxylation is 1. The molecule has 0 aliphatic heterocycles. The van der Waals surface area contributed by atoms with Gasteiger partial charge in [0.2, 0.25) is 0 Å². The number of amides is 1. The molecule has 154 valence electrons. The Labute approximate surface area is 167 Å². The fourth-order valence-electron chi connectivity index (χ4n) is 2.47. The minimum atomic E-state index is -0.520. The molecule has 0 radical (unpaired) electrons. The van der Waals surface area contributed by atoms with Crippen molar-refractivity contribution in [3.63, 3.8) is 0 Å². The zero-order valence-corrected chi connectivity index (χ0v) is 18.5. The summed E-state index contributed by atoms with van der Waals surface area (Å²) in [6.45, 7) is 13.0. The zero-order valence-electron chi connectivity index (χ0n) is 17.7. The molecular formula is C19H35N5O2S. The van der Waals surface area contributed by atoms with Crippen LogP contribution in [0, 0.1) is 0 Å². The molecule has 1 aromatic rings. The van der Waals surface area contributed by atoms with Gasteiger partial charge in [0.15, 0.2) is 5.96 Å². The smallest absolute Gasteiger partial charge is 0.408 e. The molecule has 0 atom stereocenters. The van der Waals surface area contributed by atoms with Crippen molar-refractivity contribution in [1.29, 1.82) is 0 Å². The van der Waals surface area contributed by atoms with Crippen LogP contribution in [-0.4, -0.2) is 41.8 Å². The van der Waals surface area contributed by atoms with Crippen LogP contribution in [0.4, 0.5) is 4.79 Å². The van der Waals surface area contributed by atoms with Crippen molar-refractivity contribution < 1.29 is 9.53 Å². The summed E-state index contributed by atoms with van der Waals surface area (Å²) in [5.41, 5.74) is -0.927. The van der Waals surface area contributed by atoms with E-state index in [4.69, 9.17) is 4.74 Å². The Morgan fingerprint density at radius 2 is 1.89 bits per heavy atom. The number of carbonyl (C=O) groups is 1. The summed E-state index contributed by atoms with van der Waals surface area (Å²) in [7, 11) is 1.73. The SMILES string of the molecule is CCc1cnc(CNC(=NC)NCC(CC)(CC)NC(=O)OC(C)(C)C)s1. The number of alkyl carbamates (subject to hydrolysis) is 1. The van der Waals surface area contributed by atoms with Crippen molar-refractivity contribution in [1.82, 2.24) is 20.9 Å². The Balaban J connectivity index is 2.62. The van der Waals surface area contributed by atoms with E-state index >= 15 is 0 Å². The molecule has 8 heteroatoms. The number of thiazole rings is 1. The Kier molecular flexibility index (Phi) is 9.02. The van der Waals surface area contributed by atoms with E-state index in [1.54, 1.807) is 18.4 Å². The van der Waals surface area contributed by atoms with Crippen molar-refractivity contribution >= 4 is 23.4 Å². The molecule has 27 heavy (non-hydrogen) atoms. The molecule has 1 heterocycles. The van der Waals surface area contributed by atoms with E-state index in [1.807, 2.05) is 27.0 Å². The Morgan fingerprint density at radius 3 is 2.37 bits per heavy atom. The van der Waals surface area contributed by atoms with Crippen LogP contribution in [0.5, 0.6) is 0 Å². The van der Waals surface area contributed by atoms with Gasteiger partial charge in [-0.15, -0.1) is 11.3 Å². The predicted molar refractivity (Wildman–Crippen MR) is 112 cm³/mol. The summed E-state index contributed by atoms with van der Waals surface area (Å²) in [6, 6.07) is 0. The quantitative estimate of drug-likeness (QED) is 0.462. The van der Waals surface area contributed by atoms with Gasteiger partial charge in [-0.1, -0.05) is 20.8 Å². The fraction of sp³-hybridized carbons (Fsp3) is 0.737. The maximum Gasteiger partial charge on any atom is 0.408 e. The summed E-state index contributed by atoms with van der Waals surface area (Å²) in [5, 5.41) is 10.7. The highest BCUT2D eigenvalue weighted by molar-refractivity contribution is 7.11. The number of hydrogen-bond donors (Lipinski definition) is 3. The highest BCUT2D eigenvalue weighted by atomic mass is 32.1. The highest BCUT2D eigenvalue weighted by Crippen LogP contribution is 2.16. The fourth-order valence-corrected chi connectivity index (χ4v) is 3.27. The number of aliphatic imine (C=N–C) groups is 1. The third kappa shape index (κ3) is 8.15. The second kappa shape index (κ2) is 10.5. The lowest BCUT2D eigenvalue weighted by atomic mass is 9.93. The molecule has 1 amide bonds. The zero-order chi connectivity index (χ0) is 20.5. The van der Waals surface area contributed by atoms with Gasteiger partial charge in [-0.05, 0) is 40.0 Å². The molecule has 0 unspecified atom stereocenters. The third-order valence-electron chi connectivity index (χ3n) is 4.29. The first-order valence-corrected chi connectivity index (χ1v) is 10.4. The number of nitrogens with zero attached hydrogens (tertiary/aromatic N) is 2. The molecule has 0 saturated carbocycles. The van der Waals surface area contributed by atoms with Crippen LogP contribution in [0.2, 0.25) is 0 Å². The predicted octanol–water partition coefficient (Wildman–Crippen LogP) is 3.45. The molecule has 0 aliphatic carbocycles. The molecular weight excluding hydrogens is 362 g/mol. The number of guanidine groups is 1. The van der Waals surface area contributed by atoms with Crippen LogP contribution in [0.15, 0.2) is 11.2 Å². The van der Waals surface area contributed by atoms with Crippen molar-refractivity contribution in [2.24, 2.45) is 4.99 Å². The number of ether oxygens (including phenoxy) is 1. The summed E-state index contributed by atoms with van der Waals surface area (Å²) >= 11 is 1.70. The van der Waals surface area contributed by atoms with E-state index in [9.17, 15) is 4.79 Å². The number of carbonyl (C=O) groups excluding carboxylic acids is 1. The molecule has 1 aromatic heterocycles. The van der Waals surface area contributed by atoms with Crippen molar-refractivity contribution in [2.75, 3.05) is 13.6 Å². The summed E-state index contributed by atoms with van der Waals surface area (Å²) in [5.74, 6) is 0.681. The van der Waals surface area contributed by atoms with Crippen LogP contribution in [0.1, 0.15) is 64.3 Å². The van der Waals surface area contributed by atoms with Crippen LogP contribution in [0.25, 0.3) is 0 Å². The summed E-state index contributed by atoms with van der Waals surface area (Å²) in [6.07, 6.45) is 4.07. The van der Waals surface area contributed by atoms with Gasteiger partial charge in [-0.3, -0.25) is 4.99 Å². The first-order chi connectivity index (χ1) is 12.7. The van der Waals surface area contributed by atoms with Crippen molar-refractivity contribution in [3.05, 3.63) is 16.1 Å². The van der Waals surface area contributed by atoms with Crippen LogP contribution < -0.4 is 16.0 Å². The largest absolute Gasteiger partial charge is 0.444 e. The van der Waals surface area contributed by atoms with Gasteiger partial charge in [-0.25, -0.2) is 9.78 Å². The maximum absolute atomic E-state index is 12.2. The van der Waals surface area contributed by atoms with Gasteiger partial charge < -0.3 is 20.7 Å². The van der Waals surface area contributed by atoms with E-state index in [0.717, 1.165) is 24.3 Å². The standard InChI is InChI=1S/C19H35N5O2S/c1-8-14-11-21-15(27-14)12-22-16(20-7)23-13-19(9-2,10-3)24-17(25)26-18(4,5)6/h11H,8-10,12-13H2,1-7H3,(H,24,25)(H2,20,22,23). The molecule has 0 spiro atoms. The third-order valence-corrected chi connectivity index (χ3v) is 5.44. The van der Waals surface area contributed by atoms with Crippen molar-refractivity contribution in [2.45, 2.75) is 78.5 Å². The van der Waals surface area contributed by atoms with Gasteiger partial charge in [-0.2, -0.15) is 0 Å². The highest BCUT2D eigenvalue weighted by Gasteiger charge is 2.30. The first kappa shape index (κ1) is 23.2. The van der Waals surface area contributed by atoms with E-state index in [2.05, 4.69) is 46.7 Å². The summed E-state index contributed by atoms with van der Waals surface area (Å²) < 4.78 is 5.42. The second-order valence-electron chi connectivity index (χ2n) is 7.47. The van der Waals surface area contributed by atoms with E-state index < -0.39 is 17.2 Å². The van der Waals surface area contributed by atoms with Gasteiger partial charge in [0, 0.05) is 24.7 Å². The van der Waals surface area contributed by atoms with Crippen LogP contribution >= 0.6 is 11.3 Å². The number of hydrogen-bond acceptors (Lipinski definition) is 5. The maximum atomic E-state index is 12.2. The van der Waals surface area contributed by atoms with E-state index in [-0.39, 0.29) is 0 Å². The van der Waals surface area contributed by atoms with Gasteiger partial charge in [0.1, 0.15) is 10.6 Å². The lowest BCUT2D eigenvalue weighted by Gasteiger charge is -2.34. The number of rotatable bonds is 8. The molecule has 7 nitrogen and oxygen atoms in total. The first-order valence-electron chi connectivity index (χ1n) is 9.56.